The van der Waals surface area contributed by atoms with Gasteiger partial charge in [0.15, 0.2) is 5.84 Å². The molecule has 1 aromatic heterocycles. The maximum absolute atomic E-state index is 13.4. The molecule has 0 bridgehead atoms. The molecule has 0 saturated carbocycles. The van der Waals surface area contributed by atoms with Crippen LogP contribution in [0.5, 0.6) is 0 Å². The number of rotatable bonds is 8. The Hall–Kier alpha value is -3.43. The first-order valence-electron chi connectivity index (χ1n) is 12.5. The number of aromatic nitrogens is 1. The fourth-order valence-electron chi connectivity index (χ4n) is 4.10. The molecule has 7 nitrogen and oxygen atoms in total. The molecule has 1 saturated heterocycles. The van der Waals surface area contributed by atoms with Gasteiger partial charge in [0, 0.05) is 38.9 Å². The van der Waals surface area contributed by atoms with Crippen molar-refractivity contribution in [3.63, 3.8) is 0 Å². The largest absolute Gasteiger partial charge is 0.417 e. The van der Waals surface area contributed by atoms with Crippen LogP contribution in [0.2, 0.25) is 0 Å². The van der Waals surface area contributed by atoms with Crippen molar-refractivity contribution in [2.45, 2.75) is 51.7 Å². The summed E-state index contributed by atoms with van der Waals surface area (Å²) < 4.78 is 40.3. The molecule has 0 unspecified atom stereocenters. The third-order valence-electron chi connectivity index (χ3n) is 6.23. The first kappa shape index (κ1) is 28.1. The number of nitrogens with one attached hydrogen (secondary N) is 1. The van der Waals surface area contributed by atoms with Crippen LogP contribution in [0.4, 0.5) is 13.2 Å². The highest BCUT2D eigenvalue weighted by atomic mass is 19.4. The lowest BCUT2D eigenvalue weighted by Gasteiger charge is -2.37. The fraction of sp³-hybridized carbons (Fsp3) is 0.481. The van der Waals surface area contributed by atoms with Gasteiger partial charge in [-0.15, -0.1) is 0 Å². The topological polar surface area (TPSA) is 77.9 Å². The van der Waals surface area contributed by atoms with Gasteiger partial charge in [-0.3, -0.25) is 19.6 Å². The number of amides is 2. The third-order valence-corrected chi connectivity index (χ3v) is 6.23. The Labute approximate surface area is 215 Å². The second-order valence-electron chi connectivity index (χ2n) is 9.50. The number of hydrogen-bond donors (Lipinski definition) is 1. The number of unbranched alkanes of at least 4 members (excludes halogenated alkanes) is 2. The minimum absolute atomic E-state index is 0.199. The predicted octanol–water partition coefficient (Wildman–Crippen LogP) is 4.39. The molecule has 1 aliphatic heterocycles. The summed E-state index contributed by atoms with van der Waals surface area (Å²) in [5.74, 6) is -0.345. The Bertz CT molecular complexity index is 1090. The van der Waals surface area contributed by atoms with E-state index in [9.17, 15) is 22.8 Å². The van der Waals surface area contributed by atoms with Gasteiger partial charge < -0.3 is 15.1 Å². The number of pyridine rings is 1. The van der Waals surface area contributed by atoms with Crippen molar-refractivity contribution >= 4 is 17.6 Å². The standard InChI is InChI=1S/C27H34F3N5O2/c1-4-5-9-15-32-25(37)26(2,3)33-23(22-13-8-10-14-31-22)34-16-18-35(19-17-34)24(36)20-11-6-7-12-21(20)27(28,29)30/h6-8,10-14H,4-5,9,15-19H2,1-3H3,(H,32,37). The Morgan fingerprint density at radius 1 is 0.973 bits per heavy atom. The van der Waals surface area contributed by atoms with Gasteiger partial charge in [-0.2, -0.15) is 13.2 Å². The molecule has 0 spiro atoms. The molecule has 2 amide bonds. The van der Waals surface area contributed by atoms with Crippen LogP contribution < -0.4 is 5.32 Å². The van der Waals surface area contributed by atoms with E-state index in [1.54, 1.807) is 32.2 Å². The van der Waals surface area contributed by atoms with Crippen molar-refractivity contribution < 1.29 is 22.8 Å². The Kier molecular flexibility index (Phi) is 9.29. The summed E-state index contributed by atoms with van der Waals surface area (Å²) in [6, 6.07) is 10.2. The van der Waals surface area contributed by atoms with Crippen LogP contribution in [0, 0.1) is 0 Å². The van der Waals surface area contributed by atoms with Crippen molar-refractivity contribution in [1.29, 1.82) is 0 Å². The average Bonchev–Trinajstić information content (AvgIpc) is 2.89. The summed E-state index contributed by atoms with van der Waals surface area (Å²) >= 11 is 0. The zero-order valence-electron chi connectivity index (χ0n) is 21.5. The summed E-state index contributed by atoms with van der Waals surface area (Å²) in [4.78, 5) is 38.4. The van der Waals surface area contributed by atoms with Gasteiger partial charge in [0.1, 0.15) is 11.2 Å². The lowest BCUT2D eigenvalue weighted by atomic mass is 10.0. The average molecular weight is 518 g/mol. The molecule has 0 aliphatic carbocycles. The molecule has 2 heterocycles. The van der Waals surface area contributed by atoms with E-state index in [-0.39, 0.29) is 24.6 Å². The Morgan fingerprint density at radius 2 is 1.62 bits per heavy atom. The molecular weight excluding hydrogens is 483 g/mol. The smallest absolute Gasteiger partial charge is 0.354 e. The third kappa shape index (κ3) is 7.30. The number of benzene rings is 1. The van der Waals surface area contributed by atoms with Crippen molar-refractivity contribution in [2.75, 3.05) is 32.7 Å². The normalized spacial score (nSPS) is 15.0. The molecule has 3 rings (SSSR count). The monoisotopic (exact) mass is 517 g/mol. The quantitative estimate of drug-likeness (QED) is 0.320. The Balaban J connectivity index is 1.78. The van der Waals surface area contributed by atoms with Gasteiger partial charge in [0.05, 0.1) is 11.1 Å². The predicted molar refractivity (Wildman–Crippen MR) is 136 cm³/mol. The highest BCUT2D eigenvalue weighted by molar-refractivity contribution is 6.00. The van der Waals surface area contributed by atoms with Crippen molar-refractivity contribution in [1.82, 2.24) is 20.1 Å². The zero-order valence-corrected chi connectivity index (χ0v) is 21.5. The number of carbonyl (C=O) groups is 2. The van der Waals surface area contributed by atoms with Gasteiger partial charge in [0.2, 0.25) is 5.91 Å². The number of hydrogen-bond acceptors (Lipinski definition) is 4. The highest BCUT2D eigenvalue weighted by Gasteiger charge is 2.37. The highest BCUT2D eigenvalue weighted by Crippen LogP contribution is 2.32. The minimum Gasteiger partial charge on any atom is -0.354 e. The van der Waals surface area contributed by atoms with Crippen LogP contribution in [-0.4, -0.2) is 70.7 Å². The summed E-state index contributed by atoms with van der Waals surface area (Å²) in [5, 5.41) is 2.95. The number of amidine groups is 1. The molecular formula is C27H34F3N5O2. The number of carbonyl (C=O) groups excluding carboxylic acids is 2. The van der Waals surface area contributed by atoms with Gasteiger partial charge in [-0.1, -0.05) is 38.0 Å². The molecule has 0 radical (unpaired) electrons. The summed E-state index contributed by atoms with van der Waals surface area (Å²) in [7, 11) is 0. The molecule has 0 atom stereocenters. The molecule has 1 fully saturated rings. The maximum Gasteiger partial charge on any atom is 0.417 e. The van der Waals surface area contributed by atoms with Crippen LogP contribution in [0.3, 0.4) is 0 Å². The van der Waals surface area contributed by atoms with Gasteiger partial charge in [0.25, 0.3) is 5.91 Å². The molecule has 1 N–H and O–H groups in total. The second-order valence-corrected chi connectivity index (χ2v) is 9.50. The van der Waals surface area contributed by atoms with E-state index in [2.05, 4.69) is 17.2 Å². The van der Waals surface area contributed by atoms with Crippen LogP contribution in [0.25, 0.3) is 0 Å². The van der Waals surface area contributed by atoms with Crippen LogP contribution in [-0.2, 0) is 11.0 Å². The number of nitrogens with zero attached hydrogens (tertiary/aromatic N) is 4. The summed E-state index contributed by atoms with van der Waals surface area (Å²) in [6.07, 6.45) is -0.00814. The van der Waals surface area contributed by atoms with E-state index in [4.69, 9.17) is 4.99 Å². The second kappa shape index (κ2) is 12.2. The number of halogens is 3. The van der Waals surface area contributed by atoms with E-state index in [1.165, 1.54) is 23.1 Å². The van der Waals surface area contributed by atoms with Gasteiger partial charge in [-0.25, -0.2) is 0 Å². The number of piperazine rings is 1. The molecule has 1 aliphatic rings. The molecule has 1 aromatic carbocycles. The summed E-state index contributed by atoms with van der Waals surface area (Å²) in [5.41, 5.74) is -1.79. The SMILES string of the molecule is CCCCCNC(=O)C(C)(C)N=C(c1ccccn1)N1CCN(C(=O)c2ccccc2C(F)(F)F)CC1. The van der Waals surface area contributed by atoms with Crippen LogP contribution in [0.1, 0.15) is 61.6 Å². The number of aliphatic imine (C=N–C) groups is 1. The first-order chi connectivity index (χ1) is 17.5. The number of alkyl halides is 3. The lowest BCUT2D eigenvalue weighted by Crippen LogP contribution is -2.52. The molecule has 2 aromatic rings. The van der Waals surface area contributed by atoms with Gasteiger partial charge in [-0.05, 0) is 44.5 Å². The van der Waals surface area contributed by atoms with Crippen LogP contribution in [0.15, 0.2) is 53.7 Å². The summed E-state index contributed by atoms with van der Waals surface area (Å²) in [6.45, 7) is 7.23. The minimum atomic E-state index is -4.62. The Morgan fingerprint density at radius 3 is 2.24 bits per heavy atom. The van der Waals surface area contributed by atoms with Crippen molar-refractivity contribution in [3.8, 4) is 0 Å². The molecule has 10 heteroatoms. The van der Waals surface area contributed by atoms with E-state index in [1.807, 2.05) is 11.0 Å². The lowest BCUT2D eigenvalue weighted by molar-refractivity contribution is -0.138. The van der Waals surface area contributed by atoms with Crippen LogP contribution >= 0.6 is 0 Å². The van der Waals surface area contributed by atoms with E-state index >= 15 is 0 Å². The zero-order chi connectivity index (χ0) is 27.1. The van der Waals surface area contributed by atoms with E-state index < -0.39 is 23.2 Å². The van der Waals surface area contributed by atoms with Crippen molar-refractivity contribution in [3.05, 3.63) is 65.5 Å². The van der Waals surface area contributed by atoms with E-state index in [0.29, 0.717) is 31.2 Å². The van der Waals surface area contributed by atoms with Gasteiger partial charge >= 0.3 is 6.18 Å². The van der Waals surface area contributed by atoms with Crippen molar-refractivity contribution in [2.24, 2.45) is 4.99 Å². The van der Waals surface area contributed by atoms with E-state index in [0.717, 1.165) is 25.3 Å². The molecule has 37 heavy (non-hydrogen) atoms. The fourth-order valence-corrected chi connectivity index (χ4v) is 4.10. The first-order valence-corrected chi connectivity index (χ1v) is 12.5. The maximum atomic E-state index is 13.4. The molecule has 200 valence electrons.